The van der Waals surface area contributed by atoms with Crippen LogP contribution in [0.2, 0.25) is 0 Å². The van der Waals surface area contributed by atoms with Crippen molar-refractivity contribution in [3.63, 3.8) is 0 Å². The summed E-state index contributed by atoms with van der Waals surface area (Å²) in [6, 6.07) is 13.2. The molecule has 0 atom stereocenters. The Kier molecular flexibility index (Phi) is 7.28. The van der Waals surface area contributed by atoms with Crippen molar-refractivity contribution in [2.24, 2.45) is 0 Å². The van der Waals surface area contributed by atoms with Crippen LogP contribution in [0.3, 0.4) is 0 Å². The molecular formula is C17H19IN2O3. The molecule has 2 aromatic rings. The number of nitrogens with zero attached hydrogens (tertiary/aromatic N) is 2. The van der Waals surface area contributed by atoms with E-state index < -0.39 is 0 Å². The lowest BCUT2D eigenvalue weighted by Gasteiger charge is -2.22. The zero-order valence-corrected chi connectivity index (χ0v) is 15.1. The predicted molar refractivity (Wildman–Crippen MR) is 96.2 cm³/mol. The van der Waals surface area contributed by atoms with Crippen molar-refractivity contribution in [3.8, 4) is 5.75 Å². The highest BCUT2D eigenvalue weighted by Crippen LogP contribution is 2.13. The zero-order valence-electron chi connectivity index (χ0n) is 12.9. The van der Waals surface area contributed by atoms with Crippen molar-refractivity contribution in [3.05, 3.63) is 57.9 Å². The second-order valence-corrected chi connectivity index (χ2v) is 6.12. The van der Waals surface area contributed by atoms with E-state index in [0.717, 1.165) is 9.26 Å². The fourth-order valence-corrected chi connectivity index (χ4v) is 2.31. The number of amides is 1. The number of aromatic nitrogens is 1. The number of methoxy groups -OCH3 is 1. The summed E-state index contributed by atoms with van der Waals surface area (Å²) in [6.45, 7) is 1.42. The highest BCUT2D eigenvalue weighted by molar-refractivity contribution is 14.1. The molecule has 1 amide bonds. The number of halogens is 1. The van der Waals surface area contributed by atoms with E-state index in [9.17, 15) is 4.79 Å². The van der Waals surface area contributed by atoms with Crippen molar-refractivity contribution in [2.45, 2.75) is 6.54 Å². The molecule has 0 aliphatic rings. The van der Waals surface area contributed by atoms with Crippen molar-refractivity contribution >= 4 is 28.5 Å². The number of benzene rings is 1. The molecule has 1 heterocycles. The number of ether oxygens (including phenoxy) is 2. The van der Waals surface area contributed by atoms with Crippen LogP contribution < -0.4 is 4.74 Å². The maximum Gasteiger partial charge on any atom is 0.260 e. The smallest absolute Gasteiger partial charge is 0.260 e. The van der Waals surface area contributed by atoms with E-state index in [4.69, 9.17) is 9.47 Å². The molecule has 6 heteroatoms. The number of pyridine rings is 1. The molecule has 0 aliphatic heterocycles. The number of carbonyl (C=O) groups excluding carboxylic acids is 1. The average molecular weight is 426 g/mol. The molecule has 0 N–H and O–H groups in total. The minimum absolute atomic E-state index is 0.00284. The Morgan fingerprint density at radius 1 is 1.22 bits per heavy atom. The van der Waals surface area contributed by atoms with Gasteiger partial charge in [0.2, 0.25) is 0 Å². The molecule has 0 saturated carbocycles. The summed E-state index contributed by atoms with van der Waals surface area (Å²) in [5.41, 5.74) is 0.839. The molecule has 0 aliphatic carbocycles. The Morgan fingerprint density at radius 2 is 2.00 bits per heavy atom. The molecule has 1 aromatic heterocycles. The summed E-state index contributed by atoms with van der Waals surface area (Å²) in [6.07, 6.45) is 1.72. The topological polar surface area (TPSA) is 51.7 Å². The van der Waals surface area contributed by atoms with Crippen LogP contribution in [0.15, 0.2) is 48.7 Å². The first kappa shape index (κ1) is 17.7. The van der Waals surface area contributed by atoms with Gasteiger partial charge in [0, 0.05) is 23.4 Å². The second-order valence-electron chi connectivity index (χ2n) is 4.87. The maximum absolute atomic E-state index is 12.4. The molecule has 0 spiro atoms. The minimum atomic E-state index is -0.0914. The van der Waals surface area contributed by atoms with Crippen LogP contribution in [0.25, 0.3) is 0 Å². The molecule has 0 saturated heterocycles. The summed E-state index contributed by atoms with van der Waals surface area (Å²) in [5, 5.41) is 0. The molecule has 23 heavy (non-hydrogen) atoms. The van der Waals surface area contributed by atoms with Crippen LogP contribution in [0.1, 0.15) is 5.69 Å². The molecule has 122 valence electrons. The van der Waals surface area contributed by atoms with Gasteiger partial charge >= 0.3 is 0 Å². The first-order valence-electron chi connectivity index (χ1n) is 7.24. The van der Waals surface area contributed by atoms with Crippen LogP contribution in [-0.4, -0.2) is 42.7 Å². The van der Waals surface area contributed by atoms with Crippen LogP contribution in [0.4, 0.5) is 0 Å². The van der Waals surface area contributed by atoms with E-state index >= 15 is 0 Å². The van der Waals surface area contributed by atoms with Crippen molar-refractivity contribution in [2.75, 3.05) is 26.9 Å². The van der Waals surface area contributed by atoms with Gasteiger partial charge in [-0.05, 0) is 59.0 Å². The van der Waals surface area contributed by atoms with Crippen LogP contribution in [-0.2, 0) is 16.1 Å². The van der Waals surface area contributed by atoms with Gasteiger partial charge < -0.3 is 14.4 Å². The average Bonchev–Trinajstić information content (AvgIpc) is 2.58. The van der Waals surface area contributed by atoms with Gasteiger partial charge in [0.05, 0.1) is 18.8 Å². The predicted octanol–water partition coefficient (Wildman–Crippen LogP) is 2.74. The van der Waals surface area contributed by atoms with Gasteiger partial charge in [-0.2, -0.15) is 0 Å². The fraction of sp³-hybridized carbons (Fsp3) is 0.294. The van der Waals surface area contributed by atoms with Crippen LogP contribution >= 0.6 is 22.6 Å². The van der Waals surface area contributed by atoms with Gasteiger partial charge in [-0.25, -0.2) is 0 Å². The van der Waals surface area contributed by atoms with E-state index in [1.807, 2.05) is 42.5 Å². The number of rotatable bonds is 8. The fourth-order valence-electron chi connectivity index (χ4n) is 1.95. The van der Waals surface area contributed by atoms with E-state index in [-0.39, 0.29) is 12.5 Å². The summed E-state index contributed by atoms with van der Waals surface area (Å²) < 4.78 is 11.8. The standard InChI is InChI=1S/C17H19IN2O3/c1-22-11-10-20(12-15-4-2-3-9-19-15)17(21)13-23-16-7-5-14(18)6-8-16/h2-9H,10-13H2,1H3. The van der Waals surface area contributed by atoms with Crippen molar-refractivity contribution in [1.29, 1.82) is 0 Å². The lowest BCUT2D eigenvalue weighted by molar-refractivity contribution is -0.134. The van der Waals surface area contributed by atoms with Crippen molar-refractivity contribution in [1.82, 2.24) is 9.88 Å². The third-order valence-electron chi connectivity index (χ3n) is 3.17. The number of carbonyl (C=O) groups is 1. The van der Waals surface area contributed by atoms with E-state index in [1.165, 1.54) is 0 Å². The zero-order chi connectivity index (χ0) is 16.5. The van der Waals surface area contributed by atoms with Crippen LogP contribution in [0.5, 0.6) is 5.75 Å². The molecule has 0 radical (unpaired) electrons. The van der Waals surface area contributed by atoms with Gasteiger partial charge in [0.15, 0.2) is 6.61 Å². The Balaban J connectivity index is 1.94. The molecule has 0 unspecified atom stereocenters. The molecule has 5 nitrogen and oxygen atoms in total. The summed E-state index contributed by atoms with van der Waals surface area (Å²) in [7, 11) is 1.62. The summed E-state index contributed by atoms with van der Waals surface area (Å²) >= 11 is 2.22. The largest absolute Gasteiger partial charge is 0.484 e. The summed E-state index contributed by atoms with van der Waals surface area (Å²) in [5.74, 6) is 0.592. The van der Waals surface area contributed by atoms with Gasteiger partial charge in [-0.3, -0.25) is 9.78 Å². The van der Waals surface area contributed by atoms with Gasteiger partial charge in [0.25, 0.3) is 5.91 Å². The monoisotopic (exact) mass is 426 g/mol. The van der Waals surface area contributed by atoms with Crippen LogP contribution in [0, 0.1) is 3.57 Å². The molecular weight excluding hydrogens is 407 g/mol. The number of hydrogen-bond acceptors (Lipinski definition) is 4. The van der Waals surface area contributed by atoms with E-state index in [0.29, 0.717) is 25.4 Å². The third kappa shape index (κ3) is 6.15. The highest BCUT2D eigenvalue weighted by Gasteiger charge is 2.15. The van der Waals surface area contributed by atoms with Gasteiger partial charge in [0.1, 0.15) is 5.75 Å². The SMILES string of the molecule is COCCN(Cc1ccccn1)C(=O)COc1ccc(I)cc1. The molecule has 0 bridgehead atoms. The first-order valence-corrected chi connectivity index (χ1v) is 8.32. The second kappa shape index (κ2) is 9.46. The number of hydrogen-bond donors (Lipinski definition) is 0. The third-order valence-corrected chi connectivity index (χ3v) is 3.89. The maximum atomic E-state index is 12.4. The molecule has 2 rings (SSSR count). The van der Waals surface area contributed by atoms with E-state index in [2.05, 4.69) is 27.6 Å². The summed E-state index contributed by atoms with van der Waals surface area (Å²) in [4.78, 5) is 18.4. The lowest BCUT2D eigenvalue weighted by Crippen LogP contribution is -2.37. The van der Waals surface area contributed by atoms with Crippen molar-refractivity contribution < 1.29 is 14.3 Å². The Labute approximate surface area is 149 Å². The highest BCUT2D eigenvalue weighted by atomic mass is 127. The Bertz CT molecular complexity index is 605. The normalized spacial score (nSPS) is 10.3. The van der Waals surface area contributed by atoms with Gasteiger partial charge in [-0.15, -0.1) is 0 Å². The minimum Gasteiger partial charge on any atom is -0.484 e. The van der Waals surface area contributed by atoms with E-state index in [1.54, 1.807) is 18.2 Å². The quantitative estimate of drug-likeness (QED) is 0.610. The Hall–Kier alpha value is -1.67. The first-order chi connectivity index (χ1) is 11.2. The molecule has 1 aromatic carbocycles. The lowest BCUT2D eigenvalue weighted by atomic mass is 10.3. The molecule has 0 fully saturated rings. The Morgan fingerprint density at radius 3 is 2.65 bits per heavy atom. The van der Waals surface area contributed by atoms with Gasteiger partial charge in [-0.1, -0.05) is 6.07 Å².